The topological polar surface area (TPSA) is 90.6 Å². The van der Waals surface area contributed by atoms with Crippen molar-refractivity contribution < 1.29 is 14.4 Å². The lowest BCUT2D eigenvalue weighted by Crippen LogP contribution is -2.33. The molecular weight excluding hydrogens is 308 g/mol. The highest BCUT2D eigenvalue weighted by molar-refractivity contribution is 5.87. The monoisotopic (exact) mass is 330 g/mol. The molecule has 2 heterocycles. The van der Waals surface area contributed by atoms with E-state index in [0.717, 1.165) is 31.5 Å². The summed E-state index contributed by atoms with van der Waals surface area (Å²) in [4.78, 5) is 14.2. The first kappa shape index (κ1) is 16.5. The summed E-state index contributed by atoms with van der Waals surface area (Å²) >= 11 is 0. The average molecular weight is 330 g/mol. The lowest BCUT2D eigenvalue weighted by atomic mass is 10.1. The number of hydrogen-bond acceptors (Lipinski definition) is 5. The van der Waals surface area contributed by atoms with Gasteiger partial charge in [0.1, 0.15) is 6.26 Å². The quantitative estimate of drug-likeness (QED) is 0.753. The van der Waals surface area contributed by atoms with E-state index in [2.05, 4.69) is 31.3 Å². The zero-order valence-electron chi connectivity index (χ0n) is 13.4. The van der Waals surface area contributed by atoms with Gasteiger partial charge >= 0.3 is 6.03 Å². The fourth-order valence-electron chi connectivity index (χ4n) is 3.03. The van der Waals surface area contributed by atoms with Gasteiger partial charge in [-0.2, -0.15) is 0 Å². The van der Waals surface area contributed by atoms with Crippen molar-refractivity contribution in [1.29, 1.82) is 0 Å². The third-order valence-corrected chi connectivity index (χ3v) is 4.32. The highest BCUT2D eigenvalue weighted by atomic mass is 16.5. The Labute approximate surface area is 140 Å². The van der Waals surface area contributed by atoms with Crippen LogP contribution in [0.1, 0.15) is 24.0 Å². The molecule has 1 fully saturated rings. The molecular formula is C17H22N4O3. The van der Waals surface area contributed by atoms with E-state index < -0.39 is 0 Å². The lowest BCUT2D eigenvalue weighted by molar-refractivity contribution is 0.153. The molecule has 2 amide bonds. The van der Waals surface area contributed by atoms with Crippen molar-refractivity contribution in [2.45, 2.75) is 32.0 Å². The fourth-order valence-corrected chi connectivity index (χ4v) is 3.03. The Morgan fingerprint density at radius 1 is 1.33 bits per heavy atom. The van der Waals surface area contributed by atoms with Crippen LogP contribution in [0.5, 0.6) is 0 Å². The van der Waals surface area contributed by atoms with Gasteiger partial charge in [-0.15, -0.1) is 0 Å². The molecule has 0 radical (unpaired) electrons. The second-order valence-corrected chi connectivity index (χ2v) is 5.91. The SMILES string of the molecule is O=C(NCc1ccccc1CN1CCC[C@H]1CO)Nc1ccon1. The van der Waals surface area contributed by atoms with Crippen molar-refractivity contribution >= 4 is 11.8 Å². The number of aromatic nitrogens is 1. The third kappa shape index (κ3) is 4.12. The van der Waals surface area contributed by atoms with Crippen molar-refractivity contribution in [2.24, 2.45) is 0 Å². The maximum Gasteiger partial charge on any atom is 0.320 e. The molecule has 7 nitrogen and oxygen atoms in total. The number of amides is 2. The number of aliphatic hydroxyl groups excluding tert-OH is 1. The van der Waals surface area contributed by atoms with E-state index in [0.29, 0.717) is 12.4 Å². The molecule has 0 spiro atoms. The molecule has 0 saturated carbocycles. The second-order valence-electron chi connectivity index (χ2n) is 5.91. The second kappa shape index (κ2) is 7.94. The van der Waals surface area contributed by atoms with Crippen molar-refractivity contribution in [3.63, 3.8) is 0 Å². The standard InChI is InChI=1S/C17H22N4O3/c22-12-15-6-3-8-21(15)11-14-5-2-1-4-13(14)10-18-17(23)19-16-7-9-24-20-16/h1-2,4-5,7,9,15,22H,3,6,8,10-12H2,(H2,18,19,20,23)/t15-/m0/s1. The van der Waals surface area contributed by atoms with Crippen molar-refractivity contribution in [1.82, 2.24) is 15.4 Å². The molecule has 1 aromatic carbocycles. The number of nitrogens with one attached hydrogen (secondary N) is 2. The summed E-state index contributed by atoms with van der Waals surface area (Å²) in [7, 11) is 0. The van der Waals surface area contributed by atoms with E-state index in [9.17, 15) is 9.90 Å². The number of nitrogens with zero attached hydrogens (tertiary/aromatic N) is 2. The Morgan fingerprint density at radius 3 is 2.92 bits per heavy atom. The molecule has 1 aliphatic heterocycles. The zero-order chi connectivity index (χ0) is 16.8. The van der Waals surface area contributed by atoms with Crippen LogP contribution >= 0.6 is 0 Å². The smallest absolute Gasteiger partial charge is 0.320 e. The summed E-state index contributed by atoms with van der Waals surface area (Å²) in [6.07, 6.45) is 3.56. The lowest BCUT2D eigenvalue weighted by Gasteiger charge is -2.24. The number of aliphatic hydroxyl groups is 1. The minimum atomic E-state index is -0.326. The van der Waals surface area contributed by atoms with E-state index in [-0.39, 0.29) is 18.7 Å². The van der Waals surface area contributed by atoms with Crippen molar-refractivity contribution in [3.8, 4) is 0 Å². The summed E-state index contributed by atoms with van der Waals surface area (Å²) in [5.41, 5.74) is 2.23. The number of carbonyl (C=O) groups is 1. The largest absolute Gasteiger partial charge is 0.395 e. The van der Waals surface area contributed by atoms with Crippen LogP contribution in [0.15, 0.2) is 41.1 Å². The number of likely N-dealkylation sites (tertiary alicyclic amines) is 1. The van der Waals surface area contributed by atoms with Gasteiger partial charge in [0.2, 0.25) is 0 Å². The van der Waals surface area contributed by atoms with Crippen LogP contribution in [0, 0.1) is 0 Å². The van der Waals surface area contributed by atoms with Gasteiger partial charge in [0.15, 0.2) is 5.82 Å². The third-order valence-electron chi connectivity index (χ3n) is 4.32. The number of carbonyl (C=O) groups excluding carboxylic acids is 1. The van der Waals surface area contributed by atoms with Gasteiger partial charge in [-0.1, -0.05) is 29.4 Å². The summed E-state index contributed by atoms with van der Waals surface area (Å²) in [6, 6.07) is 9.53. The summed E-state index contributed by atoms with van der Waals surface area (Å²) in [6.45, 7) is 2.41. The molecule has 0 aliphatic carbocycles. The van der Waals surface area contributed by atoms with Crippen LogP contribution in [0.4, 0.5) is 10.6 Å². The van der Waals surface area contributed by atoms with Crippen molar-refractivity contribution in [3.05, 3.63) is 47.7 Å². The van der Waals surface area contributed by atoms with Crippen LogP contribution in [0.25, 0.3) is 0 Å². The Bertz CT molecular complexity index is 660. The number of anilines is 1. The van der Waals surface area contributed by atoms with Gasteiger partial charge in [0.25, 0.3) is 0 Å². The first-order chi connectivity index (χ1) is 11.8. The Kier molecular flexibility index (Phi) is 5.45. The number of rotatable bonds is 6. The molecule has 1 atom stereocenters. The summed E-state index contributed by atoms with van der Waals surface area (Å²) < 4.78 is 4.67. The Balaban J connectivity index is 1.58. The van der Waals surface area contributed by atoms with Crippen LogP contribution < -0.4 is 10.6 Å². The molecule has 3 N–H and O–H groups in total. The maximum atomic E-state index is 11.9. The summed E-state index contributed by atoms with van der Waals surface area (Å²) in [5, 5.41) is 18.5. The van der Waals surface area contributed by atoms with E-state index in [1.807, 2.05) is 18.2 Å². The van der Waals surface area contributed by atoms with Gasteiger partial charge < -0.3 is 14.9 Å². The first-order valence-corrected chi connectivity index (χ1v) is 8.13. The predicted octanol–water partition coefficient (Wildman–Crippen LogP) is 1.95. The highest BCUT2D eigenvalue weighted by Crippen LogP contribution is 2.21. The Morgan fingerprint density at radius 2 is 2.17 bits per heavy atom. The van der Waals surface area contributed by atoms with E-state index >= 15 is 0 Å². The van der Waals surface area contributed by atoms with Crippen LogP contribution in [-0.4, -0.2) is 40.4 Å². The maximum absolute atomic E-state index is 11.9. The molecule has 7 heteroatoms. The minimum absolute atomic E-state index is 0.195. The zero-order valence-corrected chi connectivity index (χ0v) is 13.4. The number of benzene rings is 1. The average Bonchev–Trinajstić information content (AvgIpc) is 3.25. The Hall–Kier alpha value is -2.38. The highest BCUT2D eigenvalue weighted by Gasteiger charge is 2.24. The van der Waals surface area contributed by atoms with Gasteiger partial charge in [-0.05, 0) is 30.5 Å². The first-order valence-electron chi connectivity index (χ1n) is 8.13. The van der Waals surface area contributed by atoms with E-state index in [4.69, 9.17) is 0 Å². The fraction of sp³-hybridized carbons (Fsp3) is 0.412. The molecule has 1 aliphatic rings. The van der Waals surface area contributed by atoms with Gasteiger partial charge in [0.05, 0.1) is 6.61 Å². The molecule has 1 aromatic heterocycles. The number of hydrogen-bond donors (Lipinski definition) is 3. The molecule has 1 saturated heterocycles. The van der Waals surface area contributed by atoms with Gasteiger partial charge in [-0.3, -0.25) is 10.2 Å². The van der Waals surface area contributed by atoms with E-state index in [1.54, 1.807) is 6.07 Å². The summed E-state index contributed by atoms with van der Waals surface area (Å²) in [5.74, 6) is 0.378. The molecule has 24 heavy (non-hydrogen) atoms. The number of urea groups is 1. The van der Waals surface area contributed by atoms with Crippen LogP contribution in [0.3, 0.4) is 0 Å². The van der Waals surface area contributed by atoms with E-state index in [1.165, 1.54) is 11.8 Å². The molecule has 0 bridgehead atoms. The minimum Gasteiger partial charge on any atom is -0.395 e. The van der Waals surface area contributed by atoms with Crippen molar-refractivity contribution in [2.75, 3.05) is 18.5 Å². The van der Waals surface area contributed by atoms with Crippen LogP contribution in [-0.2, 0) is 13.1 Å². The van der Waals surface area contributed by atoms with Gasteiger partial charge in [-0.25, -0.2) is 4.79 Å². The molecule has 0 unspecified atom stereocenters. The predicted molar refractivity (Wildman–Crippen MR) is 89.3 cm³/mol. The molecule has 3 rings (SSSR count). The normalized spacial score (nSPS) is 17.8. The molecule has 2 aromatic rings. The molecule has 128 valence electrons. The van der Waals surface area contributed by atoms with Crippen LogP contribution in [0.2, 0.25) is 0 Å². The van der Waals surface area contributed by atoms with Gasteiger partial charge in [0, 0.05) is 25.2 Å².